The summed E-state index contributed by atoms with van der Waals surface area (Å²) in [5.41, 5.74) is 1.85. The van der Waals surface area contributed by atoms with E-state index >= 15 is 0 Å². The van der Waals surface area contributed by atoms with Gasteiger partial charge >= 0.3 is 0 Å². The van der Waals surface area contributed by atoms with Gasteiger partial charge in [-0.05, 0) is 56.9 Å². The van der Waals surface area contributed by atoms with E-state index in [1.54, 1.807) is 6.08 Å². The van der Waals surface area contributed by atoms with E-state index in [-0.39, 0.29) is 0 Å². The molecule has 1 N–H and O–H groups in total. The molecule has 3 nitrogen and oxygen atoms in total. The fraction of sp³-hybridized carbons (Fsp3) is 0.400. The minimum atomic E-state index is -0.470. The Balaban J connectivity index is 2.18. The van der Waals surface area contributed by atoms with Crippen LogP contribution in [0.3, 0.4) is 0 Å². The van der Waals surface area contributed by atoms with Crippen LogP contribution in [0.1, 0.15) is 33.1 Å². The van der Waals surface area contributed by atoms with Crippen molar-refractivity contribution in [2.24, 2.45) is 0 Å². The van der Waals surface area contributed by atoms with Crippen molar-refractivity contribution in [3.63, 3.8) is 0 Å². The van der Waals surface area contributed by atoms with Gasteiger partial charge in [-0.25, -0.2) is 0 Å². The highest BCUT2D eigenvalue weighted by molar-refractivity contribution is 5.71. The second-order valence-corrected chi connectivity index (χ2v) is 5.14. The summed E-state index contributed by atoms with van der Waals surface area (Å²) in [5, 5.41) is 9.50. The fourth-order valence-electron chi connectivity index (χ4n) is 2.24. The Morgan fingerprint density at radius 1 is 1.44 bits per heavy atom. The van der Waals surface area contributed by atoms with E-state index in [0.29, 0.717) is 11.5 Å². The van der Waals surface area contributed by atoms with Crippen molar-refractivity contribution in [1.82, 2.24) is 0 Å². The van der Waals surface area contributed by atoms with Gasteiger partial charge in [-0.1, -0.05) is 11.6 Å². The van der Waals surface area contributed by atoms with Crippen LogP contribution in [0.15, 0.2) is 47.0 Å². The van der Waals surface area contributed by atoms with Gasteiger partial charge in [-0.15, -0.1) is 0 Å². The molecule has 3 heteroatoms. The first-order valence-corrected chi connectivity index (χ1v) is 6.15. The first-order chi connectivity index (χ1) is 8.51. The van der Waals surface area contributed by atoms with E-state index in [2.05, 4.69) is 0 Å². The van der Waals surface area contributed by atoms with Crippen LogP contribution in [-0.2, 0) is 9.53 Å². The summed E-state index contributed by atoms with van der Waals surface area (Å²) in [5.74, 6) is 0.708. The van der Waals surface area contributed by atoms with Crippen molar-refractivity contribution in [2.75, 3.05) is 0 Å². The molecular formula is C15H18O3. The van der Waals surface area contributed by atoms with Crippen molar-refractivity contribution in [3.05, 3.63) is 47.0 Å². The van der Waals surface area contributed by atoms with E-state index in [0.717, 1.165) is 31.1 Å². The van der Waals surface area contributed by atoms with E-state index in [9.17, 15) is 9.90 Å². The maximum Gasteiger partial charge on any atom is 0.184 e. The van der Waals surface area contributed by atoms with Crippen LogP contribution >= 0.6 is 0 Å². The number of carbonyl (C=O) groups is 1. The molecule has 2 aliphatic rings. The normalized spacial score (nSPS) is 22.1. The van der Waals surface area contributed by atoms with Gasteiger partial charge in [0, 0.05) is 0 Å². The third-order valence-electron chi connectivity index (χ3n) is 3.30. The standard InChI is InChI=1S/C15H18O3/c1-15(2)12(6-7-14(10-16)18-15)8-11-4-3-5-13(17)9-11/h5-7,9-10,17H,3-4,8H2,1-2H3. The molecule has 0 spiro atoms. The van der Waals surface area contributed by atoms with Gasteiger partial charge in [0.2, 0.25) is 0 Å². The molecule has 0 atom stereocenters. The average molecular weight is 246 g/mol. The van der Waals surface area contributed by atoms with Gasteiger partial charge < -0.3 is 9.84 Å². The zero-order chi connectivity index (χ0) is 13.2. The van der Waals surface area contributed by atoms with Crippen molar-refractivity contribution >= 4 is 6.29 Å². The highest BCUT2D eigenvalue weighted by atomic mass is 16.5. The van der Waals surface area contributed by atoms with Gasteiger partial charge in [-0.2, -0.15) is 0 Å². The van der Waals surface area contributed by atoms with Crippen molar-refractivity contribution in [1.29, 1.82) is 0 Å². The minimum absolute atomic E-state index is 0.343. The maximum atomic E-state index is 10.7. The van der Waals surface area contributed by atoms with Crippen molar-refractivity contribution in [2.45, 2.75) is 38.7 Å². The molecule has 18 heavy (non-hydrogen) atoms. The summed E-state index contributed by atoms with van der Waals surface area (Å²) in [4.78, 5) is 10.7. The van der Waals surface area contributed by atoms with Crippen LogP contribution in [-0.4, -0.2) is 17.0 Å². The maximum absolute atomic E-state index is 10.7. The van der Waals surface area contributed by atoms with Crippen LogP contribution in [0.4, 0.5) is 0 Å². The summed E-state index contributed by atoms with van der Waals surface area (Å²) in [6.45, 7) is 3.91. The molecule has 96 valence electrons. The monoisotopic (exact) mass is 246 g/mol. The zero-order valence-electron chi connectivity index (χ0n) is 10.8. The molecule has 0 saturated heterocycles. The number of aliphatic hydroxyl groups excluding tert-OH is 1. The summed E-state index contributed by atoms with van der Waals surface area (Å²) >= 11 is 0. The smallest absolute Gasteiger partial charge is 0.184 e. The number of aliphatic hydroxyl groups is 1. The van der Waals surface area contributed by atoms with Gasteiger partial charge in [0.05, 0.1) is 0 Å². The van der Waals surface area contributed by atoms with Crippen LogP contribution in [0.2, 0.25) is 0 Å². The quantitative estimate of drug-likeness (QED) is 0.777. The molecule has 0 aromatic rings. The second kappa shape index (κ2) is 4.84. The number of carbonyl (C=O) groups excluding carboxylic acids is 1. The molecule has 0 radical (unpaired) electrons. The Bertz CT molecular complexity index is 476. The third-order valence-corrected chi connectivity index (χ3v) is 3.30. The zero-order valence-corrected chi connectivity index (χ0v) is 10.8. The summed E-state index contributed by atoms with van der Waals surface area (Å²) < 4.78 is 5.62. The molecule has 0 aromatic carbocycles. The van der Waals surface area contributed by atoms with Crippen LogP contribution in [0.5, 0.6) is 0 Å². The number of aldehydes is 1. The van der Waals surface area contributed by atoms with E-state index in [1.165, 1.54) is 5.57 Å². The third kappa shape index (κ3) is 2.73. The van der Waals surface area contributed by atoms with Gasteiger partial charge in [-0.3, -0.25) is 4.79 Å². The molecule has 0 saturated carbocycles. The number of allylic oxidation sites excluding steroid dienone is 6. The Labute approximate surface area is 107 Å². The first kappa shape index (κ1) is 12.7. The summed E-state index contributed by atoms with van der Waals surface area (Å²) in [6.07, 6.45) is 10.6. The Kier molecular flexibility index (Phi) is 3.41. The van der Waals surface area contributed by atoms with Crippen LogP contribution in [0.25, 0.3) is 0 Å². The minimum Gasteiger partial charge on any atom is -0.508 e. The van der Waals surface area contributed by atoms with Crippen LogP contribution in [0, 0.1) is 0 Å². The molecule has 0 unspecified atom stereocenters. The predicted molar refractivity (Wildman–Crippen MR) is 70.0 cm³/mol. The summed E-state index contributed by atoms with van der Waals surface area (Å²) in [6, 6.07) is 0. The second-order valence-electron chi connectivity index (χ2n) is 5.14. The molecule has 0 amide bonds. The topological polar surface area (TPSA) is 46.5 Å². The number of ether oxygens (including phenoxy) is 1. The molecule has 0 bridgehead atoms. The highest BCUT2D eigenvalue weighted by Crippen LogP contribution is 2.34. The summed E-state index contributed by atoms with van der Waals surface area (Å²) in [7, 11) is 0. The SMILES string of the molecule is CC1(C)OC(C=O)=CC=C1CC1=CC(O)=CCC1. The highest BCUT2D eigenvalue weighted by Gasteiger charge is 2.29. The molecule has 0 aromatic heterocycles. The average Bonchev–Trinajstić information content (AvgIpc) is 2.31. The van der Waals surface area contributed by atoms with Gasteiger partial charge in [0.25, 0.3) is 0 Å². The molecule has 1 aliphatic carbocycles. The molecule has 1 aliphatic heterocycles. The lowest BCUT2D eigenvalue weighted by Crippen LogP contribution is -2.29. The molecule has 2 rings (SSSR count). The molecule has 0 fully saturated rings. The van der Waals surface area contributed by atoms with Crippen molar-refractivity contribution in [3.8, 4) is 0 Å². The fourth-order valence-corrected chi connectivity index (χ4v) is 2.24. The van der Waals surface area contributed by atoms with E-state index in [4.69, 9.17) is 4.74 Å². The Morgan fingerprint density at radius 2 is 2.22 bits per heavy atom. The van der Waals surface area contributed by atoms with Gasteiger partial charge in [0.15, 0.2) is 12.0 Å². The lowest BCUT2D eigenvalue weighted by Gasteiger charge is -2.32. The Hall–Kier alpha value is -1.77. The molecular weight excluding hydrogens is 228 g/mol. The van der Waals surface area contributed by atoms with Crippen molar-refractivity contribution < 1.29 is 14.6 Å². The number of hydrogen-bond donors (Lipinski definition) is 1. The van der Waals surface area contributed by atoms with Crippen LogP contribution < -0.4 is 0 Å². The van der Waals surface area contributed by atoms with E-state index in [1.807, 2.05) is 32.1 Å². The Morgan fingerprint density at radius 3 is 2.83 bits per heavy atom. The molecule has 1 heterocycles. The number of rotatable bonds is 3. The lowest BCUT2D eigenvalue weighted by molar-refractivity contribution is -0.109. The van der Waals surface area contributed by atoms with E-state index < -0.39 is 5.60 Å². The first-order valence-electron chi connectivity index (χ1n) is 6.15. The number of hydrogen-bond acceptors (Lipinski definition) is 3. The largest absolute Gasteiger partial charge is 0.508 e. The lowest BCUT2D eigenvalue weighted by atomic mass is 9.87. The van der Waals surface area contributed by atoms with Gasteiger partial charge in [0.1, 0.15) is 11.4 Å². The predicted octanol–water partition coefficient (Wildman–Crippen LogP) is 3.36.